The predicted molar refractivity (Wildman–Crippen MR) is 82.5 cm³/mol. The van der Waals surface area contributed by atoms with E-state index < -0.39 is 5.97 Å². The van der Waals surface area contributed by atoms with Crippen LogP contribution >= 0.6 is 0 Å². The molecule has 0 atom stereocenters. The van der Waals surface area contributed by atoms with Crippen molar-refractivity contribution in [1.82, 2.24) is 0 Å². The van der Waals surface area contributed by atoms with Crippen LogP contribution in [0.5, 0.6) is 5.75 Å². The number of carbonyl (C=O) groups excluding carboxylic acids is 1. The van der Waals surface area contributed by atoms with Crippen molar-refractivity contribution in [3.05, 3.63) is 53.6 Å². The number of carbonyl (C=O) groups is 1. The Labute approximate surface area is 123 Å². The number of benzene rings is 2. The first-order chi connectivity index (χ1) is 10.2. The molecule has 2 aromatic rings. The van der Waals surface area contributed by atoms with Crippen molar-refractivity contribution in [3.8, 4) is 5.75 Å². The van der Waals surface area contributed by atoms with E-state index in [0.717, 1.165) is 17.0 Å². The van der Waals surface area contributed by atoms with Crippen LogP contribution in [0.1, 0.15) is 15.9 Å². The van der Waals surface area contributed by atoms with E-state index in [-0.39, 0.29) is 0 Å². The fourth-order valence-electron chi connectivity index (χ4n) is 2.01. The maximum absolute atomic E-state index is 11.4. The molecule has 2 aromatic carbocycles. The number of nitrogen functional groups attached to an aromatic ring is 1. The zero-order chi connectivity index (χ0) is 15.2. The number of rotatable bonds is 5. The van der Waals surface area contributed by atoms with Gasteiger partial charge in [0.15, 0.2) is 0 Å². The van der Waals surface area contributed by atoms with Crippen molar-refractivity contribution < 1.29 is 14.3 Å². The summed E-state index contributed by atoms with van der Waals surface area (Å²) in [5.41, 5.74) is 8.65. The molecule has 0 aliphatic rings. The van der Waals surface area contributed by atoms with Crippen LogP contribution in [0, 0.1) is 0 Å². The third kappa shape index (κ3) is 3.45. The van der Waals surface area contributed by atoms with Crippen LogP contribution < -0.4 is 15.8 Å². The lowest BCUT2D eigenvalue weighted by Crippen LogP contribution is -2.06. The summed E-state index contributed by atoms with van der Waals surface area (Å²) in [7, 11) is 2.98. The van der Waals surface area contributed by atoms with Gasteiger partial charge < -0.3 is 20.5 Å². The van der Waals surface area contributed by atoms with Crippen molar-refractivity contribution in [1.29, 1.82) is 0 Å². The average Bonchev–Trinajstić information content (AvgIpc) is 2.53. The van der Waals surface area contributed by atoms with Gasteiger partial charge in [0.1, 0.15) is 5.75 Å². The topological polar surface area (TPSA) is 73.6 Å². The molecule has 0 saturated carbocycles. The number of anilines is 2. The molecule has 0 unspecified atom stereocenters. The lowest BCUT2D eigenvalue weighted by atomic mass is 10.1. The molecule has 0 aromatic heterocycles. The van der Waals surface area contributed by atoms with Crippen molar-refractivity contribution >= 4 is 17.3 Å². The first-order valence-corrected chi connectivity index (χ1v) is 6.49. The summed E-state index contributed by atoms with van der Waals surface area (Å²) in [5.74, 6) is 0.410. The van der Waals surface area contributed by atoms with Gasteiger partial charge in [0.2, 0.25) is 0 Å². The van der Waals surface area contributed by atoms with Crippen molar-refractivity contribution in [2.75, 3.05) is 25.3 Å². The maximum Gasteiger partial charge on any atom is 0.337 e. The number of nitrogens with one attached hydrogen (secondary N) is 1. The number of hydrogen-bond donors (Lipinski definition) is 2. The smallest absolute Gasteiger partial charge is 0.337 e. The summed E-state index contributed by atoms with van der Waals surface area (Å²) in [5, 5.41) is 3.23. The largest absolute Gasteiger partial charge is 0.496 e. The van der Waals surface area contributed by atoms with Gasteiger partial charge in [0.05, 0.1) is 31.2 Å². The highest BCUT2D eigenvalue weighted by atomic mass is 16.5. The van der Waals surface area contributed by atoms with Gasteiger partial charge in [0, 0.05) is 12.1 Å². The van der Waals surface area contributed by atoms with Crippen LogP contribution in [0.3, 0.4) is 0 Å². The zero-order valence-corrected chi connectivity index (χ0v) is 12.1. The number of esters is 1. The first kappa shape index (κ1) is 14.7. The average molecular weight is 286 g/mol. The molecule has 0 fully saturated rings. The molecule has 0 saturated heterocycles. The predicted octanol–water partition coefficient (Wildman–Crippen LogP) is 2.68. The fourth-order valence-corrected chi connectivity index (χ4v) is 2.01. The molecule has 0 heterocycles. The van der Waals surface area contributed by atoms with Gasteiger partial charge in [-0.25, -0.2) is 4.79 Å². The third-order valence-corrected chi connectivity index (χ3v) is 3.13. The third-order valence-electron chi connectivity index (χ3n) is 3.13. The SMILES string of the molecule is COC(=O)c1ccc(NCc2ccccc2OC)c(N)c1. The monoisotopic (exact) mass is 286 g/mol. The molecule has 5 nitrogen and oxygen atoms in total. The highest BCUT2D eigenvalue weighted by molar-refractivity contribution is 5.91. The zero-order valence-electron chi connectivity index (χ0n) is 12.1. The molecule has 110 valence electrons. The van der Waals surface area contributed by atoms with E-state index in [1.807, 2.05) is 24.3 Å². The summed E-state index contributed by atoms with van der Waals surface area (Å²) in [6.45, 7) is 0.575. The van der Waals surface area contributed by atoms with Crippen LogP contribution in [0.25, 0.3) is 0 Å². The van der Waals surface area contributed by atoms with Gasteiger partial charge in [-0.3, -0.25) is 0 Å². The summed E-state index contributed by atoms with van der Waals surface area (Å²) in [6, 6.07) is 12.8. The normalized spacial score (nSPS) is 10.0. The van der Waals surface area contributed by atoms with Crippen molar-refractivity contribution in [3.63, 3.8) is 0 Å². The second-order valence-corrected chi connectivity index (χ2v) is 4.46. The minimum atomic E-state index is -0.405. The molecule has 0 aliphatic carbocycles. The van der Waals surface area contributed by atoms with Gasteiger partial charge in [-0.15, -0.1) is 0 Å². The van der Waals surface area contributed by atoms with Crippen LogP contribution in [0.2, 0.25) is 0 Å². The number of para-hydroxylation sites is 1. The highest BCUT2D eigenvalue weighted by Crippen LogP contribution is 2.23. The molecule has 0 aliphatic heterocycles. The van der Waals surface area contributed by atoms with E-state index in [2.05, 4.69) is 10.1 Å². The fraction of sp³-hybridized carbons (Fsp3) is 0.188. The molecule has 0 spiro atoms. The maximum atomic E-state index is 11.4. The number of methoxy groups -OCH3 is 2. The van der Waals surface area contributed by atoms with E-state index in [4.69, 9.17) is 10.5 Å². The van der Waals surface area contributed by atoms with E-state index in [0.29, 0.717) is 17.8 Å². The van der Waals surface area contributed by atoms with Gasteiger partial charge in [-0.1, -0.05) is 18.2 Å². The van der Waals surface area contributed by atoms with Crippen molar-refractivity contribution in [2.24, 2.45) is 0 Å². The van der Waals surface area contributed by atoms with E-state index in [1.165, 1.54) is 7.11 Å². The van der Waals surface area contributed by atoms with Crippen LogP contribution in [-0.2, 0) is 11.3 Å². The molecule has 3 N–H and O–H groups in total. The minimum absolute atomic E-state index is 0.405. The Morgan fingerprint density at radius 1 is 1.19 bits per heavy atom. The Hall–Kier alpha value is -2.69. The summed E-state index contributed by atoms with van der Waals surface area (Å²) >= 11 is 0. The Bertz CT molecular complexity index is 641. The lowest BCUT2D eigenvalue weighted by Gasteiger charge is -2.12. The van der Waals surface area contributed by atoms with E-state index >= 15 is 0 Å². The number of ether oxygens (including phenoxy) is 2. The van der Waals surface area contributed by atoms with Crippen LogP contribution in [0.15, 0.2) is 42.5 Å². The Morgan fingerprint density at radius 3 is 2.62 bits per heavy atom. The molecule has 2 rings (SSSR count). The van der Waals surface area contributed by atoms with Gasteiger partial charge in [0.25, 0.3) is 0 Å². The van der Waals surface area contributed by atoms with Crippen LogP contribution in [0.4, 0.5) is 11.4 Å². The molecule has 0 radical (unpaired) electrons. The molecule has 0 amide bonds. The second kappa shape index (κ2) is 6.65. The van der Waals surface area contributed by atoms with Crippen molar-refractivity contribution in [2.45, 2.75) is 6.54 Å². The molecule has 0 bridgehead atoms. The first-order valence-electron chi connectivity index (χ1n) is 6.49. The van der Waals surface area contributed by atoms with E-state index in [1.54, 1.807) is 25.3 Å². The van der Waals surface area contributed by atoms with Crippen LogP contribution in [-0.4, -0.2) is 20.2 Å². The number of nitrogens with two attached hydrogens (primary N) is 1. The Morgan fingerprint density at radius 2 is 1.95 bits per heavy atom. The minimum Gasteiger partial charge on any atom is -0.496 e. The Balaban J connectivity index is 2.12. The van der Waals surface area contributed by atoms with Gasteiger partial charge in [-0.2, -0.15) is 0 Å². The standard InChI is InChI=1S/C16H18N2O3/c1-20-15-6-4-3-5-12(15)10-18-14-8-7-11(9-13(14)17)16(19)21-2/h3-9,18H,10,17H2,1-2H3. The summed E-state index contributed by atoms with van der Waals surface area (Å²) in [4.78, 5) is 11.4. The Kier molecular flexibility index (Phi) is 4.66. The quantitative estimate of drug-likeness (QED) is 0.653. The second-order valence-electron chi connectivity index (χ2n) is 4.46. The number of hydrogen-bond acceptors (Lipinski definition) is 5. The summed E-state index contributed by atoms with van der Waals surface area (Å²) in [6.07, 6.45) is 0. The van der Waals surface area contributed by atoms with E-state index in [9.17, 15) is 4.79 Å². The highest BCUT2D eigenvalue weighted by Gasteiger charge is 2.08. The lowest BCUT2D eigenvalue weighted by molar-refractivity contribution is 0.0601. The molecule has 21 heavy (non-hydrogen) atoms. The molecular weight excluding hydrogens is 268 g/mol. The van der Waals surface area contributed by atoms with Gasteiger partial charge in [-0.05, 0) is 24.3 Å². The molecular formula is C16H18N2O3. The summed E-state index contributed by atoms with van der Waals surface area (Å²) < 4.78 is 9.96. The van der Waals surface area contributed by atoms with Gasteiger partial charge >= 0.3 is 5.97 Å². The molecule has 5 heteroatoms.